The molecular weight excluding hydrogens is 450 g/mol. The molecule has 8 heteroatoms. The second-order valence-electron chi connectivity index (χ2n) is 6.89. The van der Waals surface area contributed by atoms with Crippen molar-refractivity contribution >= 4 is 21.8 Å². The highest BCUT2D eigenvalue weighted by Gasteiger charge is 2.20. The van der Waals surface area contributed by atoms with E-state index >= 15 is 0 Å². The first-order chi connectivity index (χ1) is 14.4. The Kier molecular flexibility index (Phi) is 7.12. The molecule has 0 saturated heterocycles. The van der Waals surface area contributed by atoms with Crippen LogP contribution in [0.1, 0.15) is 22.1 Å². The second-order valence-corrected chi connectivity index (χ2v) is 7.80. The second kappa shape index (κ2) is 9.77. The van der Waals surface area contributed by atoms with Gasteiger partial charge in [0.2, 0.25) is 0 Å². The van der Waals surface area contributed by atoms with E-state index < -0.39 is 0 Å². The number of carbonyl (C=O) groups excluding carboxylic acids is 1. The third-order valence-electron chi connectivity index (χ3n) is 4.74. The third kappa shape index (κ3) is 5.01. The Morgan fingerprint density at radius 2 is 1.80 bits per heavy atom. The molecule has 158 valence electrons. The van der Waals surface area contributed by atoms with Crippen molar-refractivity contribution in [2.24, 2.45) is 0 Å². The quantitative estimate of drug-likeness (QED) is 0.529. The lowest BCUT2D eigenvalue weighted by Crippen LogP contribution is -2.34. The standard InChI is InChI=1S/C22H24BrN3O4/c1-26(2)18(15-7-10-19(28-3)21(11-15)29-4)13-24-22(27)17-12-20(30-25-17)14-5-8-16(23)9-6-14/h5-12,18H,13H2,1-4H3,(H,24,27)/t18-/m1/s1. The molecule has 2 aromatic carbocycles. The molecule has 0 spiro atoms. The fourth-order valence-electron chi connectivity index (χ4n) is 3.07. The van der Waals surface area contributed by atoms with E-state index in [4.69, 9.17) is 14.0 Å². The van der Waals surface area contributed by atoms with E-state index in [1.807, 2.05) is 61.5 Å². The highest BCUT2D eigenvalue weighted by atomic mass is 79.9. The Bertz CT molecular complexity index is 1000. The van der Waals surface area contributed by atoms with E-state index in [0.29, 0.717) is 23.8 Å². The maximum atomic E-state index is 12.6. The molecule has 1 atom stereocenters. The number of ether oxygens (including phenoxy) is 2. The van der Waals surface area contributed by atoms with Crippen molar-refractivity contribution in [3.05, 3.63) is 64.3 Å². The molecule has 1 amide bonds. The molecular formula is C22H24BrN3O4. The van der Waals surface area contributed by atoms with Gasteiger partial charge in [-0.2, -0.15) is 0 Å². The molecule has 3 aromatic rings. The highest BCUT2D eigenvalue weighted by Crippen LogP contribution is 2.31. The molecule has 30 heavy (non-hydrogen) atoms. The molecule has 0 bridgehead atoms. The number of rotatable bonds is 8. The molecule has 0 aliphatic carbocycles. The Morgan fingerprint density at radius 3 is 2.43 bits per heavy atom. The average Bonchev–Trinajstić information content (AvgIpc) is 3.24. The fourth-order valence-corrected chi connectivity index (χ4v) is 3.34. The van der Waals surface area contributed by atoms with E-state index in [9.17, 15) is 4.79 Å². The number of hydrogen-bond acceptors (Lipinski definition) is 6. The summed E-state index contributed by atoms with van der Waals surface area (Å²) in [4.78, 5) is 14.6. The maximum absolute atomic E-state index is 12.6. The van der Waals surface area contributed by atoms with Crippen LogP contribution in [0.4, 0.5) is 0 Å². The first-order valence-corrected chi connectivity index (χ1v) is 10.1. The van der Waals surface area contributed by atoms with Gasteiger partial charge in [-0.1, -0.05) is 39.3 Å². The topological polar surface area (TPSA) is 76.8 Å². The lowest BCUT2D eigenvalue weighted by Gasteiger charge is -2.25. The van der Waals surface area contributed by atoms with Crippen LogP contribution in [0, 0.1) is 0 Å². The van der Waals surface area contributed by atoms with Gasteiger partial charge in [0.25, 0.3) is 5.91 Å². The number of likely N-dealkylation sites (N-methyl/N-ethyl adjacent to an activating group) is 1. The Morgan fingerprint density at radius 1 is 1.10 bits per heavy atom. The average molecular weight is 474 g/mol. The molecule has 1 heterocycles. The van der Waals surface area contributed by atoms with Crippen molar-refractivity contribution < 1.29 is 18.8 Å². The highest BCUT2D eigenvalue weighted by molar-refractivity contribution is 9.10. The maximum Gasteiger partial charge on any atom is 0.273 e. The summed E-state index contributed by atoms with van der Waals surface area (Å²) in [6, 6.07) is 14.9. The van der Waals surface area contributed by atoms with Crippen LogP contribution >= 0.6 is 15.9 Å². The number of nitrogens with zero attached hydrogens (tertiary/aromatic N) is 2. The fraction of sp³-hybridized carbons (Fsp3) is 0.273. The minimum Gasteiger partial charge on any atom is -0.493 e. The summed E-state index contributed by atoms with van der Waals surface area (Å²) in [6.45, 7) is 0.391. The molecule has 0 radical (unpaired) electrons. The molecule has 3 rings (SSSR count). The number of benzene rings is 2. The predicted octanol–water partition coefficient (Wildman–Crippen LogP) is 4.15. The van der Waals surface area contributed by atoms with E-state index in [1.165, 1.54) is 0 Å². The Labute approximate surface area is 184 Å². The molecule has 1 N–H and O–H groups in total. The molecule has 0 fully saturated rings. The van der Waals surface area contributed by atoms with Crippen LogP contribution in [0.25, 0.3) is 11.3 Å². The van der Waals surface area contributed by atoms with Gasteiger partial charge in [0.15, 0.2) is 23.0 Å². The lowest BCUT2D eigenvalue weighted by atomic mass is 10.0. The van der Waals surface area contributed by atoms with Gasteiger partial charge >= 0.3 is 0 Å². The first-order valence-electron chi connectivity index (χ1n) is 9.32. The number of nitrogens with one attached hydrogen (secondary N) is 1. The van der Waals surface area contributed by atoms with Gasteiger partial charge in [0.05, 0.1) is 20.3 Å². The number of carbonyl (C=O) groups is 1. The molecule has 7 nitrogen and oxygen atoms in total. The zero-order chi connectivity index (χ0) is 21.7. The number of methoxy groups -OCH3 is 2. The molecule has 0 aliphatic heterocycles. The lowest BCUT2D eigenvalue weighted by molar-refractivity contribution is 0.0933. The van der Waals surface area contributed by atoms with E-state index in [0.717, 1.165) is 15.6 Å². The molecule has 0 unspecified atom stereocenters. The van der Waals surface area contributed by atoms with Crippen molar-refractivity contribution in [2.45, 2.75) is 6.04 Å². The van der Waals surface area contributed by atoms with Gasteiger partial charge in [-0.25, -0.2) is 0 Å². The van der Waals surface area contributed by atoms with Gasteiger partial charge in [-0.15, -0.1) is 0 Å². The van der Waals surface area contributed by atoms with Gasteiger partial charge in [-0.3, -0.25) is 4.79 Å². The van der Waals surface area contributed by atoms with Gasteiger partial charge in [0, 0.05) is 22.6 Å². The molecule has 0 aliphatic rings. The van der Waals surface area contributed by atoms with Crippen molar-refractivity contribution in [1.82, 2.24) is 15.4 Å². The van der Waals surface area contributed by atoms with Crippen LogP contribution in [-0.4, -0.2) is 50.8 Å². The van der Waals surface area contributed by atoms with Crippen LogP contribution in [0.3, 0.4) is 0 Å². The largest absolute Gasteiger partial charge is 0.493 e. The van der Waals surface area contributed by atoms with Crippen LogP contribution in [0.2, 0.25) is 0 Å². The predicted molar refractivity (Wildman–Crippen MR) is 118 cm³/mol. The van der Waals surface area contributed by atoms with E-state index in [1.54, 1.807) is 20.3 Å². The summed E-state index contributed by atoms with van der Waals surface area (Å²) in [7, 11) is 7.10. The first kappa shape index (κ1) is 21.9. The summed E-state index contributed by atoms with van der Waals surface area (Å²) in [5.41, 5.74) is 2.08. The van der Waals surface area contributed by atoms with Crippen LogP contribution < -0.4 is 14.8 Å². The summed E-state index contributed by atoms with van der Waals surface area (Å²) in [6.07, 6.45) is 0. The molecule has 1 aromatic heterocycles. The smallest absolute Gasteiger partial charge is 0.273 e. The van der Waals surface area contributed by atoms with E-state index in [2.05, 4.69) is 26.4 Å². The van der Waals surface area contributed by atoms with Crippen molar-refractivity contribution in [2.75, 3.05) is 34.9 Å². The monoisotopic (exact) mass is 473 g/mol. The number of aromatic nitrogens is 1. The van der Waals surface area contributed by atoms with Crippen LogP contribution in [0.15, 0.2) is 57.5 Å². The van der Waals surface area contributed by atoms with Gasteiger partial charge < -0.3 is 24.2 Å². The Hall–Kier alpha value is -2.84. The SMILES string of the molecule is COc1ccc([C@@H](CNC(=O)c2cc(-c3ccc(Br)cc3)on2)N(C)C)cc1OC. The zero-order valence-corrected chi connectivity index (χ0v) is 18.9. The molecule has 0 saturated carbocycles. The van der Waals surface area contributed by atoms with Crippen molar-refractivity contribution in [1.29, 1.82) is 0 Å². The van der Waals surface area contributed by atoms with E-state index in [-0.39, 0.29) is 17.6 Å². The van der Waals surface area contributed by atoms with Crippen LogP contribution in [-0.2, 0) is 0 Å². The van der Waals surface area contributed by atoms with Crippen molar-refractivity contribution in [3.63, 3.8) is 0 Å². The van der Waals surface area contributed by atoms with Gasteiger partial charge in [-0.05, 0) is 43.9 Å². The third-order valence-corrected chi connectivity index (χ3v) is 5.27. The van der Waals surface area contributed by atoms with Crippen LogP contribution in [0.5, 0.6) is 11.5 Å². The van der Waals surface area contributed by atoms with Gasteiger partial charge in [0.1, 0.15) is 0 Å². The Balaban J connectivity index is 1.71. The van der Waals surface area contributed by atoms with Crippen molar-refractivity contribution in [3.8, 4) is 22.8 Å². The minimum atomic E-state index is -0.297. The number of halogens is 1. The normalized spacial score (nSPS) is 11.9. The zero-order valence-electron chi connectivity index (χ0n) is 17.3. The minimum absolute atomic E-state index is 0.0633. The summed E-state index contributed by atoms with van der Waals surface area (Å²) in [5.74, 6) is 1.54. The number of hydrogen-bond donors (Lipinski definition) is 1. The number of amides is 1. The summed E-state index contributed by atoms with van der Waals surface area (Å²) < 4.78 is 17.0. The summed E-state index contributed by atoms with van der Waals surface area (Å²) >= 11 is 3.40. The summed E-state index contributed by atoms with van der Waals surface area (Å²) in [5, 5.41) is 6.85.